The van der Waals surface area contributed by atoms with Crippen LogP contribution in [0.15, 0.2) is 0 Å². The van der Waals surface area contributed by atoms with E-state index in [1.807, 2.05) is 0 Å². The zero-order chi connectivity index (χ0) is 8.39. The summed E-state index contributed by atoms with van der Waals surface area (Å²) in [7, 11) is 0. The van der Waals surface area contributed by atoms with Crippen molar-refractivity contribution in [2.45, 2.75) is 51.2 Å². The molecule has 0 aliphatic carbocycles. The standard InChI is InChI=1S/C10H19NO/c1-2-10-7-9-5-3-4-6-11(9)8-12-10/h9-10H,2-8H2,1H3/t9-,10+/m0/s1. The zero-order valence-electron chi connectivity index (χ0n) is 7.96. The Kier molecular flexibility index (Phi) is 2.66. The lowest BCUT2D eigenvalue weighted by Crippen LogP contribution is -2.47. The van der Waals surface area contributed by atoms with Gasteiger partial charge >= 0.3 is 0 Å². The Balaban J connectivity index is 1.90. The van der Waals surface area contributed by atoms with Crippen LogP contribution >= 0.6 is 0 Å². The van der Waals surface area contributed by atoms with Crippen molar-refractivity contribution in [2.24, 2.45) is 0 Å². The summed E-state index contributed by atoms with van der Waals surface area (Å²) in [5.74, 6) is 0. The molecule has 2 atom stereocenters. The van der Waals surface area contributed by atoms with Gasteiger partial charge in [-0.25, -0.2) is 0 Å². The number of nitrogens with zero attached hydrogens (tertiary/aromatic N) is 1. The molecule has 2 heteroatoms. The van der Waals surface area contributed by atoms with Crippen molar-refractivity contribution in [3.8, 4) is 0 Å². The molecular formula is C10H19NO. The zero-order valence-corrected chi connectivity index (χ0v) is 7.96. The summed E-state index contributed by atoms with van der Waals surface area (Å²) < 4.78 is 5.72. The monoisotopic (exact) mass is 169 g/mol. The minimum atomic E-state index is 0.546. The number of ether oxygens (including phenoxy) is 1. The highest BCUT2D eigenvalue weighted by Gasteiger charge is 2.29. The lowest BCUT2D eigenvalue weighted by Gasteiger charge is -2.42. The Morgan fingerprint density at radius 2 is 2.33 bits per heavy atom. The second kappa shape index (κ2) is 3.75. The largest absolute Gasteiger partial charge is 0.363 e. The molecule has 12 heavy (non-hydrogen) atoms. The summed E-state index contributed by atoms with van der Waals surface area (Å²) in [6.07, 6.45) is 7.21. The van der Waals surface area contributed by atoms with E-state index in [0.717, 1.165) is 12.8 Å². The molecular weight excluding hydrogens is 150 g/mol. The maximum absolute atomic E-state index is 5.72. The molecule has 0 unspecified atom stereocenters. The molecule has 2 saturated heterocycles. The number of fused-ring (bicyclic) bond motifs is 1. The third-order valence-electron chi connectivity index (χ3n) is 3.22. The van der Waals surface area contributed by atoms with Gasteiger partial charge in [-0.2, -0.15) is 0 Å². The summed E-state index contributed by atoms with van der Waals surface area (Å²) in [5.41, 5.74) is 0. The summed E-state index contributed by atoms with van der Waals surface area (Å²) in [6, 6.07) is 0.845. The molecule has 0 aromatic carbocycles. The van der Waals surface area contributed by atoms with Crippen molar-refractivity contribution in [3.63, 3.8) is 0 Å². The quantitative estimate of drug-likeness (QED) is 0.595. The molecule has 2 nitrogen and oxygen atoms in total. The van der Waals surface area contributed by atoms with Gasteiger partial charge < -0.3 is 4.74 Å². The molecule has 2 rings (SSSR count). The van der Waals surface area contributed by atoms with Crippen molar-refractivity contribution >= 4 is 0 Å². The first-order valence-corrected chi connectivity index (χ1v) is 5.26. The van der Waals surface area contributed by atoms with Crippen LogP contribution in [0.4, 0.5) is 0 Å². The molecule has 2 aliphatic heterocycles. The Hall–Kier alpha value is -0.0800. The maximum atomic E-state index is 5.72. The van der Waals surface area contributed by atoms with E-state index in [2.05, 4.69) is 11.8 Å². The molecule has 0 aromatic rings. The molecule has 0 spiro atoms. The second-order valence-electron chi connectivity index (χ2n) is 4.02. The molecule has 2 heterocycles. The first-order valence-electron chi connectivity index (χ1n) is 5.26. The van der Waals surface area contributed by atoms with Crippen LogP contribution in [0.1, 0.15) is 39.0 Å². The van der Waals surface area contributed by atoms with Crippen LogP contribution in [0.2, 0.25) is 0 Å². The maximum Gasteiger partial charge on any atom is 0.0996 e. The predicted octanol–water partition coefficient (Wildman–Crippen LogP) is 2.00. The van der Waals surface area contributed by atoms with E-state index in [1.54, 1.807) is 0 Å². The smallest absolute Gasteiger partial charge is 0.0996 e. The fraction of sp³-hybridized carbons (Fsp3) is 1.00. The van der Waals surface area contributed by atoms with Crippen molar-refractivity contribution in [2.75, 3.05) is 13.3 Å². The normalized spacial score (nSPS) is 37.8. The molecule has 0 radical (unpaired) electrons. The number of piperidine rings is 1. The van der Waals surface area contributed by atoms with Gasteiger partial charge in [0.15, 0.2) is 0 Å². The van der Waals surface area contributed by atoms with E-state index in [4.69, 9.17) is 4.74 Å². The van der Waals surface area contributed by atoms with Gasteiger partial charge in [0.05, 0.1) is 12.8 Å². The fourth-order valence-electron chi connectivity index (χ4n) is 2.35. The second-order valence-corrected chi connectivity index (χ2v) is 4.02. The lowest BCUT2D eigenvalue weighted by atomic mass is 9.95. The molecule has 0 saturated carbocycles. The molecule has 70 valence electrons. The van der Waals surface area contributed by atoms with Crippen LogP contribution in [0, 0.1) is 0 Å². The van der Waals surface area contributed by atoms with Crippen molar-refractivity contribution < 1.29 is 4.74 Å². The average Bonchev–Trinajstić information content (AvgIpc) is 2.17. The van der Waals surface area contributed by atoms with Crippen molar-refractivity contribution in [3.05, 3.63) is 0 Å². The van der Waals surface area contributed by atoms with E-state index in [9.17, 15) is 0 Å². The van der Waals surface area contributed by atoms with E-state index in [-0.39, 0.29) is 0 Å². The van der Waals surface area contributed by atoms with Gasteiger partial charge in [0.2, 0.25) is 0 Å². The van der Waals surface area contributed by atoms with Gasteiger partial charge in [-0.15, -0.1) is 0 Å². The Bertz CT molecular complexity index is 149. The Morgan fingerprint density at radius 1 is 1.42 bits per heavy atom. The first-order chi connectivity index (χ1) is 5.90. The highest BCUT2D eigenvalue weighted by Crippen LogP contribution is 2.26. The first kappa shape index (κ1) is 8.52. The van der Waals surface area contributed by atoms with E-state index >= 15 is 0 Å². The van der Waals surface area contributed by atoms with Gasteiger partial charge in [0.25, 0.3) is 0 Å². The molecule has 0 aromatic heterocycles. The fourth-order valence-corrected chi connectivity index (χ4v) is 2.35. The van der Waals surface area contributed by atoms with E-state index in [0.29, 0.717) is 6.10 Å². The van der Waals surface area contributed by atoms with Crippen LogP contribution in [-0.4, -0.2) is 30.3 Å². The number of rotatable bonds is 1. The Labute approximate surface area is 74.9 Å². The molecule has 0 amide bonds. The predicted molar refractivity (Wildman–Crippen MR) is 49.0 cm³/mol. The van der Waals surface area contributed by atoms with Gasteiger partial charge in [0.1, 0.15) is 0 Å². The summed E-state index contributed by atoms with van der Waals surface area (Å²) in [6.45, 7) is 4.38. The summed E-state index contributed by atoms with van der Waals surface area (Å²) in [4.78, 5) is 2.51. The topological polar surface area (TPSA) is 12.5 Å². The van der Waals surface area contributed by atoms with E-state index in [1.165, 1.54) is 38.6 Å². The van der Waals surface area contributed by atoms with Gasteiger partial charge in [-0.05, 0) is 25.7 Å². The molecule has 2 aliphatic rings. The average molecular weight is 169 g/mol. The summed E-state index contributed by atoms with van der Waals surface area (Å²) in [5, 5.41) is 0. The van der Waals surface area contributed by atoms with Gasteiger partial charge in [-0.1, -0.05) is 13.3 Å². The minimum absolute atomic E-state index is 0.546. The van der Waals surface area contributed by atoms with Crippen LogP contribution in [0.3, 0.4) is 0 Å². The highest BCUT2D eigenvalue weighted by molar-refractivity contribution is 4.81. The van der Waals surface area contributed by atoms with Crippen LogP contribution in [0.5, 0.6) is 0 Å². The van der Waals surface area contributed by atoms with E-state index < -0.39 is 0 Å². The third kappa shape index (κ3) is 1.64. The van der Waals surface area contributed by atoms with Crippen LogP contribution in [-0.2, 0) is 4.74 Å². The van der Waals surface area contributed by atoms with Gasteiger partial charge in [0, 0.05) is 12.6 Å². The SMILES string of the molecule is CC[C@@H]1C[C@@H]2CCCCN2CO1. The lowest BCUT2D eigenvalue weighted by molar-refractivity contribution is -0.107. The van der Waals surface area contributed by atoms with Crippen LogP contribution in [0.25, 0.3) is 0 Å². The minimum Gasteiger partial charge on any atom is -0.363 e. The summed E-state index contributed by atoms with van der Waals surface area (Å²) >= 11 is 0. The highest BCUT2D eigenvalue weighted by atomic mass is 16.5. The number of hydrogen-bond donors (Lipinski definition) is 0. The Morgan fingerprint density at radius 3 is 3.17 bits per heavy atom. The molecule has 0 N–H and O–H groups in total. The van der Waals surface area contributed by atoms with Crippen molar-refractivity contribution in [1.29, 1.82) is 0 Å². The van der Waals surface area contributed by atoms with Gasteiger partial charge in [-0.3, -0.25) is 4.90 Å². The molecule has 0 bridgehead atoms. The number of hydrogen-bond acceptors (Lipinski definition) is 2. The third-order valence-corrected chi connectivity index (χ3v) is 3.22. The van der Waals surface area contributed by atoms with Crippen molar-refractivity contribution in [1.82, 2.24) is 4.90 Å². The van der Waals surface area contributed by atoms with Crippen LogP contribution < -0.4 is 0 Å². The molecule has 2 fully saturated rings.